The van der Waals surface area contributed by atoms with Crippen LogP contribution in [0.15, 0.2) is 77.3 Å². The SMILES string of the molecule is O=C(Cc1ccc(Br)cc1)Nc1nc2c(nc1-c1ccccc1)-c1ccc(CO)cc1CC2. The summed E-state index contributed by atoms with van der Waals surface area (Å²) in [5.41, 5.74) is 7.27. The van der Waals surface area contributed by atoms with Gasteiger partial charge in [-0.05, 0) is 41.7 Å². The van der Waals surface area contributed by atoms with Gasteiger partial charge < -0.3 is 10.4 Å². The number of carbonyl (C=O) groups excluding carboxylic acids is 1. The summed E-state index contributed by atoms with van der Waals surface area (Å²) in [4.78, 5) is 22.8. The normalized spacial score (nSPS) is 12.1. The lowest BCUT2D eigenvalue weighted by Crippen LogP contribution is -2.19. The summed E-state index contributed by atoms with van der Waals surface area (Å²) in [5, 5.41) is 12.5. The number of nitrogens with zero attached hydrogens (tertiary/aromatic N) is 2. The number of carbonyl (C=O) groups is 1. The molecule has 3 aromatic carbocycles. The summed E-state index contributed by atoms with van der Waals surface area (Å²) >= 11 is 3.42. The fraction of sp³-hybridized carbons (Fsp3) is 0.148. The maximum atomic E-state index is 12.9. The Morgan fingerprint density at radius 1 is 0.909 bits per heavy atom. The quantitative estimate of drug-likeness (QED) is 0.388. The van der Waals surface area contributed by atoms with Gasteiger partial charge in [0.2, 0.25) is 5.91 Å². The van der Waals surface area contributed by atoms with Crippen molar-refractivity contribution in [2.45, 2.75) is 25.9 Å². The monoisotopic (exact) mass is 499 g/mol. The minimum absolute atomic E-state index is 0.0183. The van der Waals surface area contributed by atoms with Crippen LogP contribution < -0.4 is 5.32 Å². The molecule has 0 spiro atoms. The zero-order chi connectivity index (χ0) is 22.8. The molecule has 0 bridgehead atoms. The molecular formula is C27H22BrN3O2. The molecule has 0 atom stereocenters. The minimum Gasteiger partial charge on any atom is -0.392 e. The average molecular weight is 500 g/mol. The molecule has 5 rings (SSSR count). The van der Waals surface area contributed by atoms with Gasteiger partial charge in [0.15, 0.2) is 5.82 Å². The van der Waals surface area contributed by atoms with Gasteiger partial charge >= 0.3 is 0 Å². The van der Waals surface area contributed by atoms with E-state index in [9.17, 15) is 9.90 Å². The number of hydrogen-bond acceptors (Lipinski definition) is 4. The number of amides is 1. The number of anilines is 1. The summed E-state index contributed by atoms with van der Waals surface area (Å²) in [6.07, 6.45) is 1.81. The first-order valence-corrected chi connectivity index (χ1v) is 11.6. The van der Waals surface area contributed by atoms with E-state index in [0.29, 0.717) is 11.5 Å². The van der Waals surface area contributed by atoms with E-state index in [1.54, 1.807) is 0 Å². The van der Waals surface area contributed by atoms with E-state index < -0.39 is 0 Å². The first kappa shape index (κ1) is 21.5. The predicted molar refractivity (Wildman–Crippen MR) is 133 cm³/mol. The third kappa shape index (κ3) is 4.58. The van der Waals surface area contributed by atoms with Gasteiger partial charge in [-0.2, -0.15) is 0 Å². The van der Waals surface area contributed by atoms with Gasteiger partial charge in [0, 0.05) is 15.6 Å². The van der Waals surface area contributed by atoms with Crippen molar-refractivity contribution in [1.82, 2.24) is 9.97 Å². The molecule has 6 heteroatoms. The number of halogens is 1. The Morgan fingerprint density at radius 3 is 2.42 bits per heavy atom. The highest BCUT2D eigenvalue weighted by Crippen LogP contribution is 2.36. The number of fused-ring (bicyclic) bond motifs is 3. The molecular weight excluding hydrogens is 478 g/mol. The molecule has 1 aliphatic rings. The number of benzene rings is 3. The Balaban J connectivity index is 1.53. The maximum Gasteiger partial charge on any atom is 0.230 e. The summed E-state index contributed by atoms with van der Waals surface area (Å²) in [6.45, 7) is 0.0183. The van der Waals surface area contributed by atoms with Crippen LogP contribution >= 0.6 is 15.9 Å². The van der Waals surface area contributed by atoms with Crippen molar-refractivity contribution in [1.29, 1.82) is 0 Å². The topological polar surface area (TPSA) is 75.1 Å². The fourth-order valence-corrected chi connectivity index (χ4v) is 4.41. The van der Waals surface area contributed by atoms with Gasteiger partial charge in [-0.3, -0.25) is 4.79 Å². The van der Waals surface area contributed by atoms with E-state index >= 15 is 0 Å². The Bertz CT molecular complexity index is 1320. The third-order valence-corrected chi connectivity index (χ3v) is 6.32. The van der Waals surface area contributed by atoms with Crippen molar-refractivity contribution in [3.8, 4) is 22.5 Å². The van der Waals surface area contributed by atoms with Crippen molar-refractivity contribution in [2.75, 3.05) is 5.32 Å². The second kappa shape index (κ2) is 9.25. The van der Waals surface area contributed by atoms with E-state index in [1.165, 1.54) is 0 Å². The fourth-order valence-electron chi connectivity index (χ4n) is 4.14. The number of hydrogen-bond donors (Lipinski definition) is 2. The van der Waals surface area contributed by atoms with Gasteiger partial charge in [0.25, 0.3) is 0 Å². The molecule has 164 valence electrons. The Labute approximate surface area is 200 Å². The van der Waals surface area contributed by atoms with E-state index in [-0.39, 0.29) is 18.9 Å². The second-order valence-electron chi connectivity index (χ2n) is 8.08. The van der Waals surface area contributed by atoms with Crippen LogP contribution in [0.5, 0.6) is 0 Å². The van der Waals surface area contributed by atoms with Crippen molar-refractivity contribution < 1.29 is 9.90 Å². The van der Waals surface area contributed by atoms with Crippen LogP contribution in [0.2, 0.25) is 0 Å². The van der Waals surface area contributed by atoms with E-state index in [4.69, 9.17) is 9.97 Å². The van der Waals surface area contributed by atoms with Crippen molar-refractivity contribution in [2.24, 2.45) is 0 Å². The summed E-state index contributed by atoms with van der Waals surface area (Å²) in [5.74, 6) is 0.352. The van der Waals surface area contributed by atoms with Crippen molar-refractivity contribution in [3.05, 3.63) is 99.7 Å². The summed E-state index contributed by atoms with van der Waals surface area (Å²) in [6, 6.07) is 23.5. The lowest BCUT2D eigenvalue weighted by Gasteiger charge is -2.21. The van der Waals surface area contributed by atoms with Crippen LogP contribution in [0.4, 0.5) is 5.82 Å². The number of rotatable bonds is 5. The average Bonchev–Trinajstić information content (AvgIpc) is 2.85. The highest BCUT2D eigenvalue weighted by atomic mass is 79.9. The molecule has 1 heterocycles. The maximum absolute atomic E-state index is 12.9. The van der Waals surface area contributed by atoms with Crippen LogP contribution in [-0.2, 0) is 30.7 Å². The van der Waals surface area contributed by atoms with Crippen molar-refractivity contribution in [3.63, 3.8) is 0 Å². The summed E-state index contributed by atoms with van der Waals surface area (Å²) in [7, 11) is 0. The molecule has 0 aliphatic heterocycles. The number of aliphatic hydroxyl groups is 1. The highest BCUT2D eigenvalue weighted by Gasteiger charge is 2.23. The van der Waals surface area contributed by atoms with E-state index in [2.05, 4.69) is 21.2 Å². The standard InChI is InChI=1S/C27H22BrN3O2/c28-21-10-6-17(7-11-21)15-24(33)30-27-25(19-4-2-1-3-5-19)31-26-22-12-8-18(16-32)14-20(22)9-13-23(26)29-27/h1-8,10-12,14,32H,9,13,15-16H2,(H,29,30,33). The smallest absolute Gasteiger partial charge is 0.230 e. The zero-order valence-electron chi connectivity index (χ0n) is 17.9. The number of nitrogens with one attached hydrogen (secondary N) is 1. The van der Waals surface area contributed by atoms with Crippen LogP contribution in [0.1, 0.15) is 22.4 Å². The molecule has 0 fully saturated rings. The molecule has 5 nitrogen and oxygen atoms in total. The van der Waals surface area contributed by atoms with Crippen LogP contribution in [0, 0.1) is 0 Å². The highest BCUT2D eigenvalue weighted by molar-refractivity contribution is 9.10. The zero-order valence-corrected chi connectivity index (χ0v) is 19.5. The molecule has 1 amide bonds. The number of aryl methyl sites for hydroxylation is 2. The molecule has 4 aromatic rings. The molecule has 0 saturated carbocycles. The van der Waals surface area contributed by atoms with Gasteiger partial charge in [-0.15, -0.1) is 0 Å². The van der Waals surface area contributed by atoms with Gasteiger partial charge in [-0.1, -0.05) is 76.6 Å². The second-order valence-corrected chi connectivity index (χ2v) is 9.00. The molecule has 0 saturated heterocycles. The lowest BCUT2D eigenvalue weighted by atomic mass is 9.90. The summed E-state index contributed by atoms with van der Waals surface area (Å²) < 4.78 is 0.977. The number of aliphatic hydroxyl groups excluding tert-OH is 1. The predicted octanol–water partition coefficient (Wildman–Crippen LogP) is 5.35. The minimum atomic E-state index is -0.132. The Kier molecular flexibility index (Phi) is 6.03. The van der Waals surface area contributed by atoms with Gasteiger partial charge in [0.05, 0.1) is 24.4 Å². The Hall–Kier alpha value is -3.35. The molecule has 33 heavy (non-hydrogen) atoms. The molecule has 2 N–H and O–H groups in total. The van der Waals surface area contributed by atoms with Crippen LogP contribution in [-0.4, -0.2) is 21.0 Å². The Morgan fingerprint density at radius 2 is 1.67 bits per heavy atom. The molecule has 1 aromatic heterocycles. The first-order chi connectivity index (χ1) is 16.1. The molecule has 0 radical (unpaired) electrons. The largest absolute Gasteiger partial charge is 0.392 e. The van der Waals surface area contributed by atoms with Crippen molar-refractivity contribution >= 4 is 27.7 Å². The molecule has 0 unspecified atom stereocenters. The van der Waals surface area contributed by atoms with E-state index in [0.717, 1.165) is 56.5 Å². The lowest BCUT2D eigenvalue weighted by molar-refractivity contribution is -0.115. The van der Waals surface area contributed by atoms with E-state index in [1.807, 2.05) is 72.8 Å². The van der Waals surface area contributed by atoms with Gasteiger partial charge in [-0.25, -0.2) is 9.97 Å². The number of aromatic nitrogens is 2. The molecule has 1 aliphatic carbocycles. The van der Waals surface area contributed by atoms with Crippen LogP contribution in [0.25, 0.3) is 22.5 Å². The van der Waals surface area contributed by atoms with Gasteiger partial charge in [0.1, 0.15) is 5.69 Å². The van der Waals surface area contributed by atoms with Crippen LogP contribution in [0.3, 0.4) is 0 Å². The third-order valence-electron chi connectivity index (χ3n) is 5.79. The first-order valence-electron chi connectivity index (χ1n) is 10.8.